The average Bonchev–Trinajstić information content (AvgIpc) is 2.57. The van der Waals surface area contributed by atoms with E-state index in [9.17, 15) is 4.79 Å². The lowest BCUT2D eigenvalue weighted by Crippen LogP contribution is -2.08. The molecule has 2 aromatic carbocycles. The van der Waals surface area contributed by atoms with Crippen molar-refractivity contribution in [2.24, 2.45) is 0 Å². The van der Waals surface area contributed by atoms with Gasteiger partial charge in [0.2, 0.25) is 0 Å². The van der Waals surface area contributed by atoms with Crippen LogP contribution in [0, 0.1) is 0 Å². The second kappa shape index (κ2) is 8.53. The fraction of sp³-hybridized carbons (Fsp3) is 0.381. The minimum Gasteiger partial charge on any atom is -0.449 e. The Labute approximate surface area is 144 Å². The van der Waals surface area contributed by atoms with Gasteiger partial charge in [0.15, 0.2) is 0 Å². The van der Waals surface area contributed by atoms with Crippen LogP contribution in [0.15, 0.2) is 36.4 Å². The number of rotatable bonds is 7. The highest BCUT2D eigenvalue weighted by atomic mass is 16.7. The van der Waals surface area contributed by atoms with E-state index in [4.69, 9.17) is 9.84 Å². The lowest BCUT2D eigenvalue weighted by atomic mass is 9.88. The molecule has 0 aliphatic carbocycles. The summed E-state index contributed by atoms with van der Waals surface area (Å²) in [6.07, 6.45) is 3.41. The maximum Gasteiger partial charge on any atom is 0.511 e. The molecule has 2 rings (SSSR count). The first-order valence-corrected chi connectivity index (χ1v) is 8.76. The third-order valence-corrected chi connectivity index (χ3v) is 4.27. The van der Waals surface area contributed by atoms with Crippen molar-refractivity contribution in [3.8, 4) is 16.9 Å². The van der Waals surface area contributed by atoms with Crippen LogP contribution in [0.1, 0.15) is 50.3 Å². The topological polar surface area (TPSA) is 46.5 Å². The maximum atomic E-state index is 11.0. The average molecular weight is 326 g/mol. The monoisotopic (exact) mass is 326 g/mol. The molecule has 0 saturated carbocycles. The van der Waals surface area contributed by atoms with Gasteiger partial charge in [0, 0.05) is 0 Å². The molecule has 0 spiro atoms. The molecule has 0 aromatic heterocycles. The first kappa shape index (κ1) is 18.1. The summed E-state index contributed by atoms with van der Waals surface area (Å²) >= 11 is 0. The number of aryl methyl sites for hydroxylation is 1. The van der Waals surface area contributed by atoms with Gasteiger partial charge in [-0.3, -0.25) is 0 Å². The summed E-state index contributed by atoms with van der Waals surface area (Å²) < 4.78 is 5.05. The normalized spacial score (nSPS) is 10.6. The Morgan fingerprint density at radius 2 is 1.58 bits per heavy atom. The van der Waals surface area contributed by atoms with Crippen LogP contribution in [-0.2, 0) is 19.3 Å². The van der Waals surface area contributed by atoms with Crippen LogP contribution >= 0.6 is 0 Å². The number of carbonyl (C=O) groups is 1. The van der Waals surface area contributed by atoms with Crippen LogP contribution < -0.4 is 4.74 Å². The molecule has 24 heavy (non-hydrogen) atoms. The van der Waals surface area contributed by atoms with Crippen molar-refractivity contribution in [3.63, 3.8) is 0 Å². The van der Waals surface area contributed by atoms with E-state index in [1.54, 1.807) is 6.07 Å². The van der Waals surface area contributed by atoms with Gasteiger partial charge >= 0.3 is 6.16 Å². The van der Waals surface area contributed by atoms with Gasteiger partial charge in [-0.15, -0.1) is 0 Å². The van der Waals surface area contributed by atoms with Gasteiger partial charge < -0.3 is 9.84 Å². The van der Waals surface area contributed by atoms with Crippen molar-refractivity contribution in [3.05, 3.63) is 53.1 Å². The third-order valence-electron chi connectivity index (χ3n) is 4.27. The quantitative estimate of drug-likeness (QED) is 0.510. The van der Waals surface area contributed by atoms with Gasteiger partial charge in [0.25, 0.3) is 0 Å². The molecule has 0 fully saturated rings. The summed E-state index contributed by atoms with van der Waals surface area (Å²) in [6.45, 7) is 6.41. The molecule has 0 radical (unpaired) electrons. The number of hydrogen-bond acceptors (Lipinski definition) is 2. The predicted octanol–water partition coefficient (Wildman–Crippen LogP) is 5.88. The van der Waals surface area contributed by atoms with E-state index in [0.717, 1.165) is 37.7 Å². The molecule has 0 aliphatic heterocycles. The number of carboxylic acid groups (broad SMARTS) is 1. The molecule has 0 heterocycles. The lowest BCUT2D eigenvalue weighted by Gasteiger charge is -2.19. The molecule has 0 aliphatic rings. The van der Waals surface area contributed by atoms with Crippen molar-refractivity contribution in [2.75, 3.05) is 0 Å². The van der Waals surface area contributed by atoms with Gasteiger partial charge in [0.1, 0.15) is 5.75 Å². The largest absolute Gasteiger partial charge is 0.511 e. The summed E-state index contributed by atoms with van der Waals surface area (Å²) in [4.78, 5) is 11.0. The highest BCUT2D eigenvalue weighted by molar-refractivity contribution is 5.74. The minimum absolute atomic E-state index is 0.477. The van der Waals surface area contributed by atoms with Crippen LogP contribution in [-0.4, -0.2) is 11.3 Å². The van der Waals surface area contributed by atoms with Gasteiger partial charge in [-0.25, -0.2) is 4.79 Å². The Morgan fingerprint density at radius 1 is 0.917 bits per heavy atom. The molecule has 0 atom stereocenters. The second-order valence-corrected chi connectivity index (χ2v) is 5.95. The van der Waals surface area contributed by atoms with Crippen molar-refractivity contribution >= 4 is 6.16 Å². The summed E-state index contributed by atoms with van der Waals surface area (Å²) in [7, 11) is 0. The van der Waals surface area contributed by atoms with Crippen LogP contribution in [0.25, 0.3) is 11.1 Å². The fourth-order valence-corrected chi connectivity index (χ4v) is 3.26. The number of benzene rings is 2. The van der Waals surface area contributed by atoms with E-state index in [0.29, 0.717) is 5.75 Å². The zero-order valence-corrected chi connectivity index (χ0v) is 14.8. The third kappa shape index (κ3) is 3.97. The van der Waals surface area contributed by atoms with Crippen LogP contribution in [0.2, 0.25) is 0 Å². The van der Waals surface area contributed by atoms with E-state index in [-0.39, 0.29) is 0 Å². The van der Waals surface area contributed by atoms with Gasteiger partial charge in [-0.05, 0) is 53.1 Å². The molecule has 0 unspecified atom stereocenters. The number of hydrogen-bond donors (Lipinski definition) is 1. The van der Waals surface area contributed by atoms with Crippen LogP contribution in [0.3, 0.4) is 0 Å². The smallest absolute Gasteiger partial charge is 0.449 e. The maximum absolute atomic E-state index is 11.0. The summed E-state index contributed by atoms with van der Waals surface area (Å²) in [5.41, 5.74) is 6.01. The highest BCUT2D eigenvalue weighted by Crippen LogP contribution is 2.36. The van der Waals surface area contributed by atoms with Crippen molar-refractivity contribution < 1.29 is 14.6 Å². The van der Waals surface area contributed by atoms with E-state index in [2.05, 4.69) is 45.0 Å². The zero-order valence-electron chi connectivity index (χ0n) is 14.8. The van der Waals surface area contributed by atoms with E-state index in [1.165, 1.54) is 22.3 Å². The van der Waals surface area contributed by atoms with Gasteiger partial charge in [-0.1, -0.05) is 63.9 Å². The van der Waals surface area contributed by atoms with Crippen LogP contribution in [0.4, 0.5) is 4.79 Å². The minimum atomic E-state index is -1.25. The number of ether oxygens (including phenoxy) is 1. The molecular formula is C21H26O3. The Bertz CT molecular complexity index is 704. The molecule has 0 bridgehead atoms. The molecule has 0 amide bonds. The Morgan fingerprint density at radius 3 is 2.21 bits per heavy atom. The molecule has 3 heteroatoms. The SMILES string of the molecule is CCCc1c(OC(=O)O)ccc(-c2ccccc2CC)c1CCC. The van der Waals surface area contributed by atoms with Gasteiger partial charge in [0.05, 0.1) is 0 Å². The molecule has 2 aromatic rings. The van der Waals surface area contributed by atoms with Crippen molar-refractivity contribution in [1.29, 1.82) is 0 Å². The summed E-state index contributed by atoms with van der Waals surface area (Å²) in [5, 5.41) is 9.03. The van der Waals surface area contributed by atoms with Crippen LogP contribution in [0.5, 0.6) is 5.75 Å². The molecule has 0 saturated heterocycles. The Hall–Kier alpha value is -2.29. The van der Waals surface area contributed by atoms with Crippen molar-refractivity contribution in [1.82, 2.24) is 0 Å². The van der Waals surface area contributed by atoms with E-state index in [1.807, 2.05) is 6.07 Å². The Balaban J connectivity index is 2.67. The molecule has 3 nitrogen and oxygen atoms in total. The Kier molecular flexibility index (Phi) is 6.42. The summed E-state index contributed by atoms with van der Waals surface area (Å²) in [5.74, 6) is 0.477. The second-order valence-electron chi connectivity index (χ2n) is 5.95. The molecule has 128 valence electrons. The first-order chi connectivity index (χ1) is 11.6. The lowest BCUT2D eigenvalue weighted by molar-refractivity contribution is 0.144. The highest BCUT2D eigenvalue weighted by Gasteiger charge is 2.17. The van der Waals surface area contributed by atoms with E-state index < -0.39 is 6.16 Å². The first-order valence-electron chi connectivity index (χ1n) is 8.76. The van der Waals surface area contributed by atoms with E-state index >= 15 is 0 Å². The fourth-order valence-electron chi connectivity index (χ4n) is 3.26. The molecule has 1 N–H and O–H groups in total. The van der Waals surface area contributed by atoms with Crippen molar-refractivity contribution in [2.45, 2.75) is 52.9 Å². The zero-order chi connectivity index (χ0) is 17.5. The molecular weight excluding hydrogens is 300 g/mol. The van der Waals surface area contributed by atoms with Gasteiger partial charge in [-0.2, -0.15) is 0 Å². The standard InChI is InChI=1S/C21H26O3/c1-4-9-17-18(16-12-8-7-11-15(16)6-3)13-14-20(24-21(22)23)19(17)10-5-2/h7-8,11-14H,4-6,9-10H2,1-3H3,(H,22,23). The summed E-state index contributed by atoms with van der Waals surface area (Å²) in [6, 6.07) is 12.3. The predicted molar refractivity (Wildman–Crippen MR) is 97.9 cm³/mol.